The molecule has 81 heavy (non-hydrogen) atoms. The molecule has 3 aliphatic heterocycles. The van der Waals surface area contributed by atoms with E-state index in [2.05, 4.69) is 5.32 Å². The fourth-order valence-electron chi connectivity index (χ4n) is 11.1. The molecule has 4 aliphatic rings. The molecular formula is C60H97N3O17S. The molecule has 1 amide bonds. The lowest BCUT2D eigenvalue weighted by atomic mass is 9.80. The highest BCUT2D eigenvalue weighted by molar-refractivity contribution is 7.80. The van der Waals surface area contributed by atoms with Gasteiger partial charge in [-0.15, -0.1) is 0 Å². The third-order valence-corrected chi connectivity index (χ3v) is 16.4. The maximum Gasteiger partial charge on any atom is 0.329 e. The number of cyclic esters (lactones) is 1. The molecule has 0 aromatic rings. The van der Waals surface area contributed by atoms with E-state index in [-0.39, 0.29) is 60.2 Å². The number of methoxy groups -OCH3 is 4. The van der Waals surface area contributed by atoms with Crippen molar-refractivity contribution in [2.75, 3.05) is 87.8 Å². The van der Waals surface area contributed by atoms with Gasteiger partial charge in [-0.1, -0.05) is 64.2 Å². The van der Waals surface area contributed by atoms with Gasteiger partial charge in [0.1, 0.15) is 36.2 Å². The molecule has 1 aliphatic carbocycles. The SMILES string of the molecule is COCCOCCOCCOCCNC(=S)O[C@@H]1CC[C@@H](C[C@@H](N)[C@@H]2CC(=O)[C@H](C)/C=C(\C)[C@@H](O)[C@@H](OC)C(=O)[C@H](C)C[C@H](C)/C=C/C=C/C=C(\C)[C@@H](OC)C[C@@H]3CC[C@@H](C)[C@@](O)(O3)C(=O)C(=O)N3CCCC[C@H]3C(=O)O2)C[C@H]1OC. The van der Waals surface area contributed by atoms with Crippen LogP contribution in [0.15, 0.2) is 47.6 Å². The molecule has 20 nitrogen and oxygen atoms in total. The van der Waals surface area contributed by atoms with Gasteiger partial charge >= 0.3 is 5.97 Å². The van der Waals surface area contributed by atoms with Crippen LogP contribution in [0.4, 0.5) is 0 Å². The first-order valence-electron chi connectivity index (χ1n) is 29.1. The van der Waals surface area contributed by atoms with Crippen LogP contribution in [0.25, 0.3) is 0 Å². The molecule has 5 N–H and O–H groups in total. The highest BCUT2D eigenvalue weighted by Crippen LogP contribution is 2.37. The minimum Gasteiger partial charge on any atom is -0.465 e. The number of fused-ring (bicyclic) bond motifs is 3. The summed E-state index contributed by atoms with van der Waals surface area (Å²) in [4.78, 5) is 72.7. The summed E-state index contributed by atoms with van der Waals surface area (Å²) in [5.41, 5.74) is 8.23. The fourth-order valence-corrected chi connectivity index (χ4v) is 11.3. The number of nitrogens with zero attached hydrogens (tertiary/aromatic N) is 1. The van der Waals surface area contributed by atoms with E-state index < -0.39 is 83.8 Å². The first-order chi connectivity index (χ1) is 38.7. The predicted molar refractivity (Wildman–Crippen MR) is 308 cm³/mol. The number of carbonyl (C=O) groups excluding carboxylic acids is 5. The Balaban J connectivity index is 1.55. The fraction of sp³-hybridized carbons (Fsp3) is 0.767. The lowest BCUT2D eigenvalue weighted by Crippen LogP contribution is -2.61. The molecule has 1 saturated carbocycles. The molecule has 21 heteroatoms. The zero-order valence-corrected chi connectivity index (χ0v) is 50.7. The first kappa shape index (κ1) is 69.7. The number of amides is 1. The van der Waals surface area contributed by atoms with Crippen molar-refractivity contribution in [2.24, 2.45) is 35.3 Å². The van der Waals surface area contributed by atoms with Crippen molar-refractivity contribution in [3.8, 4) is 0 Å². The number of esters is 1. The lowest BCUT2D eigenvalue weighted by molar-refractivity contribution is -0.265. The third-order valence-electron chi connectivity index (χ3n) is 16.1. The van der Waals surface area contributed by atoms with Gasteiger partial charge in [-0.25, -0.2) is 4.79 Å². The Morgan fingerprint density at radius 1 is 0.815 bits per heavy atom. The number of hydrogen-bond donors (Lipinski definition) is 4. The number of piperidine rings is 1. The second kappa shape index (κ2) is 36.1. The summed E-state index contributed by atoms with van der Waals surface area (Å²) in [5, 5.41) is 26.9. The van der Waals surface area contributed by atoms with Crippen LogP contribution in [0.3, 0.4) is 0 Å². The number of thiocarbonyl (C=S) groups is 1. The topological polar surface area (TPSA) is 259 Å². The Labute approximate surface area is 486 Å². The number of rotatable bonds is 19. The molecule has 0 aromatic heterocycles. The summed E-state index contributed by atoms with van der Waals surface area (Å²) in [6.07, 6.45) is 10.1. The van der Waals surface area contributed by atoms with Gasteiger partial charge < -0.3 is 73.5 Å². The summed E-state index contributed by atoms with van der Waals surface area (Å²) in [6.45, 7) is 14.3. The summed E-state index contributed by atoms with van der Waals surface area (Å²) in [7, 11) is 6.15. The Bertz CT molecular complexity index is 2120. The Hall–Kier alpha value is -3.84. The number of aliphatic hydroxyl groups is 2. The molecule has 0 unspecified atom stereocenters. The number of ketones is 3. The van der Waals surface area contributed by atoms with E-state index in [1.54, 1.807) is 55.1 Å². The van der Waals surface area contributed by atoms with Crippen LogP contribution in [0, 0.1) is 29.6 Å². The van der Waals surface area contributed by atoms with E-state index in [1.807, 2.05) is 44.2 Å². The summed E-state index contributed by atoms with van der Waals surface area (Å²) >= 11 is 5.52. The van der Waals surface area contributed by atoms with E-state index in [9.17, 15) is 34.2 Å². The molecule has 2 bridgehead atoms. The zero-order chi connectivity index (χ0) is 59.6. The van der Waals surface area contributed by atoms with Gasteiger partial charge in [0.25, 0.3) is 16.9 Å². The van der Waals surface area contributed by atoms with Crippen LogP contribution in [0.5, 0.6) is 0 Å². The average molecular weight is 1160 g/mol. The third kappa shape index (κ3) is 21.9. The van der Waals surface area contributed by atoms with Crippen LogP contribution in [0.2, 0.25) is 0 Å². The van der Waals surface area contributed by atoms with Crippen molar-refractivity contribution in [1.29, 1.82) is 0 Å². The molecule has 3 heterocycles. The monoisotopic (exact) mass is 1160 g/mol. The quantitative estimate of drug-likeness (QED) is 0.0411. The molecule has 0 spiro atoms. The van der Waals surface area contributed by atoms with Crippen LogP contribution < -0.4 is 11.1 Å². The number of ether oxygens (including phenoxy) is 10. The van der Waals surface area contributed by atoms with Crippen LogP contribution in [0.1, 0.15) is 119 Å². The van der Waals surface area contributed by atoms with Crippen LogP contribution >= 0.6 is 12.2 Å². The highest BCUT2D eigenvalue weighted by atomic mass is 32.1. The van der Waals surface area contributed by atoms with Crippen LogP contribution in [-0.2, 0) is 71.3 Å². The molecule has 0 aromatic carbocycles. The number of carbonyl (C=O) groups is 5. The first-order valence-corrected chi connectivity index (χ1v) is 29.5. The van der Waals surface area contributed by atoms with Crippen LogP contribution in [-0.4, -0.2) is 198 Å². The summed E-state index contributed by atoms with van der Waals surface area (Å²) in [5.74, 6) is -8.30. The number of nitrogens with two attached hydrogens (primary N) is 1. The molecule has 0 radical (unpaired) electrons. The number of allylic oxidation sites excluding steroid dienone is 6. The number of Topliss-reactive ketones (excluding diaryl/α,β-unsaturated/α-hetero) is 3. The van der Waals surface area contributed by atoms with Crippen molar-refractivity contribution >= 4 is 46.6 Å². The van der Waals surface area contributed by atoms with Gasteiger partial charge in [0.2, 0.25) is 5.79 Å². The molecule has 3 fully saturated rings. The number of hydrogen-bond acceptors (Lipinski definition) is 19. The van der Waals surface area contributed by atoms with Crippen molar-refractivity contribution in [2.45, 2.75) is 179 Å². The summed E-state index contributed by atoms with van der Waals surface area (Å²) < 4.78 is 57.5. The van der Waals surface area contributed by atoms with Gasteiger partial charge in [0.05, 0.1) is 64.6 Å². The Morgan fingerprint density at radius 3 is 2.17 bits per heavy atom. The maximum atomic E-state index is 14.6. The molecular weight excluding hydrogens is 1070 g/mol. The van der Waals surface area contributed by atoms with Gasteiger partial charge in [0.15, 0.2) is 5.78 Å². The highest BCUT2D eigenvalue weighted by Gasteiger charge is 2.53. The lowest BCUT2D eigenvalue weighted by Gasteiger charge is -2.42. The second-order valence-corrected chi connectivity index (χ2v) is 22.8. The molecule has 460 valence electrons. The molecule has 2 saturated heterocycles. The van der Waals surface area contributed by atoms with Gasteiger partial charge in [-0.3, -0.25) is 19.2 Å². The van der Waals surface area contributed by atoms with E-state index >= 15 is 0 Å². The van der Waals surface area contributed by atoms with E-state index in [0.29, 0.717) is 123 Å². The summed E-state index contributed by atoms with van der Waals surface area (Å²) in [6, 6.07) is -2.10. The van der Waals surface area contributed by atoms with E-state index in [0.717, 1.165) is 10.5 Å². The Morgan fingerprint density at radius 2 is 1.51 bits per heavy atom. The van der Waals surface area contributed by atoms with Gasteiger partial charge in [-0.2, -0.15) is 0 Å². The smallest absolute Gasteiger partial charge is 0.329 e. The standard InChI is InChI=1S/C60H97N3O17S/c1-38-16-12-11-13-17-39(2)50(72-8)36-45-21-19-43(6)60(70,80-45)56(67)57(68)63-24-15-14-18-47(63)58(69)78-51(37-48(64)40(3)33-42(5)54(66)55(74-10)53(65)41(4)32-38)46(61)34-44-20-22-49(52(35-44)73-9)79-59(81)62-23-25-75-28-29-77-31-30-76-27-26-71-7/h11-13,16-17,33,38,40-41,43-47,49-52,54-55,66,70H,14-15,18-32,34-37,61H2,1-10H3,(H,62,81)/b13-11+,16-12+,39-17+,42-33+/t38-,40-,41-,43-,44+,45+,46-,47+,49-,50+,51+,52-,54-,55+,60-/m1/s1. The predicted octanol–water partition coefficient (Wildman–Crippen LogP) is 5.47. The van der Waals surface area contributed by atoms with Crippen molar-refractivity contribution in [3.63, 3.8) is 0 Å². The molecule has 4 rings (SSSR count). The second-order valence-electron chi connectivity index (χ2n) is 22.4. The van der Waals surface area contributed by atoms with Crippen molar-refractivity contribution < 1.29 is 81.6 Å². The average Bonchev–Trinajstić information content (AvgIpc) is 3.56. The van der Waals surface area contributed by atoms with Gasteiger partial charge in [0, 0.05) is 78.2 Å². The molecule has 15 atom stereocenters. The number of aliphatic hydroxyl groups excluding tert-OH is 1. The van der Waals surface area contributed by atoms with Crippen molar-refractivity contribution in [3.05, 3.63) is 47.6 Å². The Kier molecular flexibility index (Phi) is 31.0. The van der Waals surface area contributed by atoms with Crippen molar-refractivity contribution in [1.82, 2.24) is 10.2 Å². The number of nitrogens with one attached hydrogen (secondary N) is 1. The van der Waals surface area contributed by atoms with Gasteiger partial charge in [-0.05, 0) is 113 Å². The maximum absolute atomic E-state index is 14.6. The minimum absolute atomic E-state index is 0.00637. The van der Waals surface area contributed by atoms with E-state index in [1.165, 1.54) is 7.11 Å². The normalized spacial score (nSPS) is 34.7. The minimum atomic E-state index is -2.47. The largest absolute Gasteiger partial charge is 0.465 e. The zero-order valence-electron chi connectivity index (χ0n) is 49.8. The van der Waals surface area contributed by atoms with E-state index in [4.69, 9.17) is 65.3 Å².